The van der Waals surface area contributed by atoms with Crippen molar-refractivity contribution in [3.8, 4) is 0 Å². The molecule has 1 aliphatic heterocycles. The maximum atomic E-state index is 11.6. The number of aliphatic imine (C=N–C) groups is 1. The van der Waals surface area contributed by atoms with Gasteiger partial charge in [-0.1, -0.05) is 33.1 Å². The number of unbranched alkanes of at least 4 members (excludes halogenated alkanes) is 1. The Balaban J connectivity index is 2.15. The van der Waals surface area contributed by atoms with Crippen molar-refractivity contribution in [3.05, 3.63) is 0 Å². The van der Waals surface area contributed by atoms with Crippen LogP contribution in [0.2, 0.25) is 0 Å². The molecule has 0 radical (unpaired) electrons. The molecule has 23 heavy (non-hydrogen) atoms. The predicted molar refractivity (Wildman–Crippen MR) is 94.5 cm³/mol. The maximum Gasteiger partial charge on any atom is 0.244 e. The molecule has 0 aromatic heterocycles. The van der Waals surface area contributed by atoms with Crippen LogP contribution in [0.15, 0.2) is 4.99 Å². The zero-order valence-corrected chi connectivity index (χ0v) is 14.8. The molecule has 0 unspecified atom stereocenters. The van der Waals surface area contributed by atoms with Gasteiger partial charge in [0, 0.05) is 26.0 Å². The molecule has 1 saturated heterocycles. The monoisotopic (exact) mass is 341 g/mol. The molecule has 1 heterocycles. The third-order valence-electron chi connectivity index (χ3n) is 3.77. The van der Waals surface area contributed by atoms with Crippen LogP contribution in [0.5, 0.6) is 0 Å². The van der Waals surface area contributed by atoms with Crippen molar-refractivity contribution >= 4 is 35.4 Å². The van der Waals surface area contributed by atoms with E-state index < -0.39 is 17.7 Å². The minimum absolute atomic E-state index is 0.0478. The van der Waals surface area contributed by atoms with Gasteiger partial charge in [0.2, 0.25) is 11.8 Å². The van der Waals surface area contributed by atoms with Gasteiger partial charge in [0.25, 0.3) is 0 Å². The molecular formula is C16H27N3O3S. The normalized spacial score (nSPS) is 17.4. The summed E-state index contributed by atoms with van der Waals surface area (Å²) in [6.45, 7) is 6.37. The summed E-state index contributed by atoms with van der Waals surface area (Å²) >= 11 is 4.73. The highest BCUT2D eigenvalue weighted by Crippen LogP contribution is 2.12. The number of carbonyl (C=O) groups excluding carboxylic acids is 2. The van der Waals surface area contributed by atoms with E-state index in [1.54, 1.807) is 0 Å². The van der Waals surface area contributed by atoms with Gasteiger partial charge in [-0.15, -0.1) is 0 Å². The molecule has 1 rings (SSSR count). The van der Waals surface area contributed by atoms with Crippen LogP contribution in [0, 0.1) is 11.8 Å². The van der Waals surface area contributed by atoms with Crippen molar-refractivity contribution < 1.29 is 14.3 Å². The molecule has 1 fully saturated rings. The van der Waals surface area contributed by atoms with E-state index in [-0.39, 0.29) is 5.11 Å². The first-order chi connectivity index (χ1) is 11.1. The van der Waals surface area contributed by atoms with E-state index in [0.717, 1.165) is 19.4 Å². The van der Waals surface area contributed by atoms with Crippen molar-refractivity contribution in [3.63, 3.8) is 0 Å². The molecule has 2 N–H and O–H groups in total. The predicted octanol–water partition coefficient (Wildman–Crippen LogP) is 1.83. The number of hydrogen-bond donors (Lipinski definition) is 2. The van der Waals surface area contributed by atoms with E-state index in [1.807, 2.05) is 0 Å². The van der Waals surface area contributed by atoms with Gasteiger partial charge in [0.15, 0.2) is 11.0 Å². The molecule has 1 atom stereocenters. The van der Waals surface area contributed by atoms with Crippen molar-refractivity contribution in [2.24, 2.45) is 16.8 Å². The van der Waals surface area contributed by atoms with Gasteiger partial charge in [0.1, 0.15) is 0 Å². The Labute approximate surface area is 143 Å². The number of hydrogen-bond acceptors (Lipinski definition) is 5. The number of nitrogens with one attached hydrogen (secondary N) is 2. The largest absolute Gasteiger partial charge is 0.381 e. The molecule has 0 aromatic carbocycles. The maximum absolute atomic E-state index is 11.6. The lowest BCUT2D eigenvalue weighted by molar-refractivity contribution is -0.131. The fraction of sp³-hybridized carbons (Fsp3) is 0.750. The fourth-order valence-electron chi connectivity index (χ4n) is 2.25. The van der Waals surface area contributed by atoms with Crippen LogP contribution in [0.3, 0.4) is 0 Å². The minimum Gasteiger partial charge on any atom is -0.381 e. The molecule has 0 saturated carbocycles. The minimum atomic E-state index is -0.902. The second kappa shape index (κ2) is 11.2. The molecule has 0 aromatic rings. The Hall–Kier alpha value is -1.34. The van der Waals surface area contributed by atoms with E-state index in [0.29, 0.717) is 19.1 Å². The Kier molecular flexibility index (Phi) is 9.63. The first-order valence-corrected chi connectivity index (χ1v) is 8.72. The summed E-state index contributed by atoms with van der Waals surface area (Å²) in [5.74, 6) is -1.13. The summed E-state index contributed by atoms with van der Waals surface area (Å²) in [5, 5.41) is 4.85. The van der Waals surface area contributed by atoms with Crippen molar-refractivity contribution in [1.29, 1.82) is 0 Å². The highest BCUT2D eigenvalue weighted by atomic mass is 32.1. The van der Waals surface area contributed by atoms with Crippen LogP contribution in [-0.4, -0.2) is 42.9 Å². The second-order valence-electron chi connectivity index (χ2n) is 5.69. The lowest BCUT2D eigenvalue weighted by atomic mass is 10.0. The Morgan fingerprint density at radius 3 is 2.57 bits per heavy atom. The third kappa shape index (κ3) is 7.65. The number of amides is 2. The molecule has 1 aliphatic rings. The zero-order chi connectivity index (χ0) is 17.1. The topological polar surface area (TPSA) is 79.8 Å². The van der Waals surface area contributed by atoms with Gasteiger partial charge < -0.3 is 15.4 Å². The SMILES string of the molecule is CCCC[C@@H](CC)COCCCN=CC1C(=O)NC(=S)NC1=O. The van der Waals surface area contributed by atoms with Crippen LogP contribution in [0.1, 0.15) is 46.0 Å². The standard InChI is InChI=1S/C16H27N3O3S/c1-3-5-7-12(4-2)11-22-9-6-8-17-10-13-14(20)18-16(23)19-15(13)21/h10,12-13H,3-9,11H2,1-2H3,(H2,18,19,20,21,23)/t12-/m1/s1. The molecule has 6 nitrogen and oxygen atoms in total. The van der Waals surface area contributed by atoms with E-state index in [4.69, 9.17) is 17.0 Å². The van der Waals surface area contributed by atoms with E-state index in [1.165, 1.54) is 25.5 Å². The van der Waals surface area contributed by atoms with E-state index in [9.17, 15) is 9.59 Å². The first kappa shape index (κ1) is 19.7. The summed E-state index contributed by atoms with van der Waals surface area (Å²) in [5.41, 5.74) is 0. The van der Waals surface area contributed by atoms with Gasteiger partial charge in [-0.2, -0.15) is 0 Å². The highest BCUT2D eigenvalue weighted by molar-refractivity contribution is 7.80. The fourth-order valence-corrected chi connectivity index (χ4v) is 2.45. The number of rotatable bonds is 11. The summed E-state index contributed by atoms with van der Waals surface area (Å²) < 4.78 is 5.68. The number of nitrogens with zero attached hydrogens (tertiary/aromatic N) is 1. The third-order valence-corrected chi connectivity index (χ3v) is 3.97. The quantitative estimate of drug-likeness (QED) is 0.260. The average molecular weight is 341 g/mol. The van der Waals surface area contributed by atoms with E-state index in [2.05, 4.69) is 29.5 Å². The number of carbonyl (C=O) groups is 2. The second-order valence-corrected chi connectivity index (χ2v) is 6.09. The zero-order valence-electron chi connectivity index (χ0n) is 14.0. The molecule has 130 valence electrons. The Morgan fingerprint density at radius 1 is 1.26 bits per heavy atom. The van der Waals surface area contributed by atoms with Gasteiger partial charge in [-0.25, -0.2) is 0 Å². The van der Waals surface area contributed by atoms with Crippen molar-refractivity contribution in [2.45, 2.75) is 46.0 Å². The molecule has 0 bridgehead atoms. The number of thiocarbonyl (C=S) groups is 1. The number of ether oxygens (including phenoxy) is 1. The highest BCUT2D eigenvalue weighted by Gasteiger charge is 2.30. The summed E-state index contributed by atoms with van der Waals surface area (Å²) in [7, 11) is 0. The summed E-state index contributed by atoms with van der Waals surface area (Å²) in [6, 6.07) is 0. The smallest absolute Gasteiger partial charge is 0.244 e. The van der Waals surface area contributed by atoms with Crippen LogP contribution < -0.4 is 10.6 Å². The van der Waals surface area contributed by atoms with Gasteiger partial charge in [0.05, 0.1) is 0 Å². The first-order valence-electron chi connectivity index (χ1n) is 8.31. The van der Waals surface area contributed by atoms with Crippen LogP contribution in [0.4, 0.5) is 0 Å². The van der Waals surface area contributed by atoms with Crippen LogP contribution in [0.25, 0.3) is 0 Å². The van der Waals surface area contributed by atoms with Crippen LogP contribution >= 0.6 is 12.2 Å². The lowest BCUT2D eigenvalue weighted by Crippen LogP contribution is -2.56. The lowest BCUT2D eigenvalue weighted by Gasteiger charge is -2.19. The molecular weight excluding hydrogens is 314 g/mol. The molecule has 2 amide bonds. The molecule has 0 aliphatic carbocycles. The van der Waals surface area contributed by atoms with Crippen molar-refractivity contribution in [1.82, 2.24) is 10.6 Å². The van der Waals surface area contributed by atoms with Gasteiger partial charge in [-0.05, 0) is 31.0 Å². The molecule has 7 heteroatoms. The van der Waals surface area contributed by atoms with Gasteiger partial charge >= 0.3 is 0 Å². The Morgan fingerprint density at radius 2 is 1.96 bits per heavy atom. The summed E-state index contributed by atoms with van der Waals surface area (Å²) in [4.78, 5) is 27.3. The molecule has 0 spiro atoms. The summed E-state index contributed by atoms with van der Waals surface area (Å²) in [6.07, 6.45) is 6.99. The van der Waals surface area contributed by atoms with Gasteiger partial charge in [-0.3, -0.25) is 14.6 Å². The van der Waals surface area contributed by atoms with Crippen LogP contribution in [-0.2, 0) is 14.3 Å². The Bertz CT molecular complexity index is 420. The average Bonchev–Trinajstić information content (AvgIpc) is 2.51. The van der Waals surface area contributed by atoms with E-state index >= 15 is 0 Å². The van der Waals surface area contributed by atoms with Crippen molar-refractivity contribution in [2.75, 3.05) is 19.8 Å².